The Morgan fingerprint density at radius 2 is 0.824 bits per heavy atom. The van der Waals surface area contributed by atoms with Crippen molar-refractivity contribution in [3.63, 3.8) is 0 Å². The van der Waals surface area contributed by atoms with Gasteiger partial charge in [-0.2, -0.15) is 0 Å². The minimum Gasteiger partial charge on any atom is -0.435 e. The number of esters is 2. The summed E-state index contributed by atoms with van der Waals surface area (Å²) in [6, 6.07) is 0. The minimum atomic E-state index is -0.423. The molecule has 0 aliphatic heterocycles. The van der Waals surface area contributed by atoms with Gasteiger partial charge in [0, 0.05) is 11.6 Å². The zero-order chi connectivity index (χ0) is 39.5. The number of hydrogen-bond donors (Lipinski definition) is 0. The van der Waals surface area contributed by atoms with E-state index >= 15 is 0 Å². The molecule has 0 atom stereocenters. The fraction of sp³-hybridized carbons (Fsp3) is 0.867. The summed E-state index contributed by atoms with van der Waals surface area (Å²) < 4.78 is 20.1. The second kappa shape index (κ2) is 46.4. The lowest BCUT2D eigenvalue weighted by atomic mass is 9.90. The Bertz CT molecular complexity index is 696. The highest BCUT2D eigenvalue weighted by Gasteiger charge is 2.14. The molecule has 0 amide bonds. The largest absolute Gasteiger partial charge is 0.435 e. The van der Waals surface area contributed by atoms with Gasteiger partial charge in [-0.05, 0) is 56.3 Å². The van der Waals surface area contributed by atoms with Crippen molar-refractivity contribution in [1.82, 2.24) is 0 Å². The highest BCUT2D eigenvalue weighted by Crippen LogP contribution is 2.25. The summed E-state index contributed by atoms with van der Waals surface area (Å²) in [5, 5.41) is 0. The van der Waals surface area contributed by atoms with E-state index in [1.807, 2.05) is 55.4 Å². The Morgan fingerprint density at radius 3 is 1.08 bits per heavy atom. The Hall–Kier alpha value is -1.66. The van der Waals surface area contributed by atoms with Gasteiger partial charge in [-0.3, -0.25) is 0 Å². The third-order valence-corrected chi connectivity index (χ3v) is 9.02. The molecule has 0 unspecified atom stereocenters. The third kappa shape index (κ3) is 41.0. The number of hydrogen-bond acceptors (Lipinski definition) is 6. The van der Waals surface area contributed by atoms with Gasteiger partial charge in [0.05, 0.1) is 13.2 Å². The number of carbonyl (C=O) groups excluding carboxylic acids is 2. The predicted molar refractivity (Wildman–Crippen MR) is 222 cm³/mol. The highest BCUT2D eigenvalue weighted by atomic mass is 16.7. The minimum absolute atomic E-state index is 0.0569. The van der Waals surface area contributed by atoms with Crippen molar-refractivity contribution >= 4 is 11.9 Å². The van der Waals surface area contributed by atoms with Crippen LogP contribution in [0.5, 0.6) is 0 Å². The summed E-state index contributed by atoms with van der Waals surface area (Å²) in [4.78, 5) is 21.6. The smallest absolute Gasteiger partial charge is 0.335 e. The first kappa shape index (κ1) is 56.1. The zero-order valence-corrected chi connectivity index (χ0v) is 36.2. The normalized spacial score (nSPS) is 17.4. The van der Waals surface area contributed by atoms with E-state index < -0.39 is 5.97 Å². The quantitative estimate of drug-likeness (QED) is 0.0966. The first-order valence-electron chi connectivity index (χ1n) is 21.6. The molecule has 0 spiro atoms. The van der Waals surface area contributed by atoms with Gasteiger partial charge in [0.25, 0.3) is 0 Å². The van der Waals surface area contributed by atoms with Crippen LogP contribution < -0.4 is 0 Å². The second-order valence-electron chi connectivity index (χ2n) is 13.4. The Morgan fingerprint density at radius 1 is 0.529 bits per heavy atom. The SMILES string of the molecule is C=C(C)C(=O)OCOCC1CCCCC1.C=CC(=O)OCOCC1CCCCC1.CC.CC.CC.CC.CC1CCCCC1.CC1CCCCC1. The summed E-state index contributed by atoms with van der Waals surface area (Å²) in [6.45, 7) is 30.7. The monoisotopic (exact) mass is 727 g/mol. The maximum absolute atomic E-state index is 11.0. The van der Waals surface area contributed by atoms with Gasteiger partial charge in [0.15, 0.2) is 13.6 Å². The van der Waals surface area contributed by atoms with Crippen LogP contribution in [0, 0.1) is 23.7 Å². The fourth-order valence-electron chi connectivity index (χ4n) is 6.13. The van der Waals surface area contributed by atoms with Crippen molar-refractivity contribution in [2.45, 2.75) is 205 Å². The zero-order valence-electron chi connectivity index (χ0n) is 36.2. The summed E-state index contributed by atoms with van der Waals surface area (Å²) >= 11 is 0. The van der Waals surface area contributed by atoms with Gasteiger partial charge < -0.3 is 18.9 Å². The van der Waals surface area contributed by atoms with Crippen molar-refractivity contribution < 1.29 is 28.5 Å². The molecule has 4 rings (SSSR count). The van der Waals surface area contributed by atoms with Gasteiger partial charge in [0.2, 0.25) is 0 Å². The molecule has 0 heterocycles. The van der Waals surface area contributed by atoms with Crippen LogP contribution in [0.1, 0.15) is 205 Å². The van der Waals surface area contributed by atoms with E-state index in [0.29, 0.717) is 30.6 Å². The van der Waals surface area contributed by atoms with Crippen molar-refractivity contribution in [2.75, 3.05) is 26.8 Å². The molecule has 4 aliphatic carbocycles. The number of rotatable bonds is 10. The predicted octanol–water partition coefficient (Wildman–Crippen LogP) is 14.2. The molecule has 4 aliphatic rings. The molecule has 51 heavy (non-hydrogen) atoms. The molecule has 0 N–H and O–H groups in total. The molecule has 0 radical (unpaired) electrons. The van der Waals surface area contributed by atoms with E-state index in [1.165, 1.54) is 128 Å². The van der Waals surface area contributed by atoms with Gasteiger partial charge in [-0.25, -0.2) is 9.59 Å². The first-order chi connectivity index (χ1) is 24.8. The lowest BCUT2D eigenvalue weighted by molar-refractivity contribution is -0.153. The summed E-state index contributed by atoms with van der Waals surface area (Å²) in [5.41, 5.74) is 0.413. The molecular weight excluding hydrogens is 636 g/mol. The molecule has 6 nitrogen and oxygen atoms in total. The van der Waals surface area contributed by atoms with E-state index in [-0.39, 0.29) is 19.6 Å². The summed E-state index contributed by atoms with van der Waals surface area (Å²) in [6.07, 6.45) is 28.9. The number of carbonyl (C=O) groups is 2. The Labute approximate surface area is 319 Å². The molecule has 4 fully saturated rings. The van der Waals surface area contributed by atoms with Crippen LogP contribution in [0.4, 0.5) is 0 Å². The van der Waals surface area contributed by atoms with Crippen LogP contribution in [-0.2, 0) is 28.5 Å². The lowest BCUT2D eigenvalue weighted by Gasteiger charge is -2.21. The highest BCUT2D eigenvalue weighted by molar-refractivity contribution is 5.86. The van der Waals surface area contributed by atoms with Crippen molar-refractivity contribution in [3.05, 3.63) is 24.8 Å². The van der Waals surface area contributed by atoms with Crippen LogP contribution >= 0.6 is 0 Å². The maximum Gasteiger partial charge on any atom is 0.335 e. The average molecular weight is 727 g/mol. The fourth-order valence-corrected chi connectivity index (χ4v) is 6.13. The lowest BCUT2D eigenvalue weighted by Crippen LogP contribution is -2.16. The van der Waals surface area contributed by atoms with Crippen molar-refractivity contribution in [3.8, 4) is 0 Å². The van der Waals surface area contributed by atoms with Crippen LogP contribution in [0.15, 0.2) is 24.8 Å². The summed E-state index contributed by atoms with van der Waals surface area (Å²) in [5.74, 6) is 2.59. The van der Waals surface area contributed by atoms with Gasteiger partial charge >= 0.3 is 11.9 Å². The van der Waals surface area contributed by atoms with Crippen LogP contribution in [0.3, 0.4) is 0 Å². The molecule has 0 aromatic carbocycles. The molecule has 6 heteroatoms. The molecule has 4 saturated carbocycles. The molecular formula is C45H90O6. The maximum atomic E-state index is 11.0. The van der Waals surface area contributed by atoms with Gasteiger partial charge in [-0.15, -0.1) is 0 Å². The van der Waals surface area contributed by atoms with Crippen LogP contribution in [-0.4, -0.2) is 38.7 Å². The third-order valence-electron chi connectivity index (χ3n) is 9.02. The van der Waals surface area contributed by atoms with Crippen molar-refractivity contribution in [1.29, 1.82) is 0 Å². The van der Waals surface area contributed by atoms with Gasteiger partial charge in [0.1, 0.15) is 0 Å². The molecule has 306 valence electrons. The Balaban J connectivity index is -0.000000281. The van der Waals surface area contributed by atoms with Crippen LogP contribution in [0.25, 0.3) is 0 Å². The Kier molecular flexibility index (Phi) is 51.0. The van der Waals surface area contributed by atoms with E-state index in [2.05, 4.69) is 27.0 Å². The van der Waals surface area contributed by atoms with Crippen molar-refractivity contribution in [2.24, 2.45) is 23.7 Å². The second-order valence-corrected chi connectivity index (χ2v) is 13.4. The first-order valence-corrected chi connectivity index (χ1v) is 21.6. The molecule has 0 bridgehead atoms. The topological polar surface area (TPSA) is 71.1 Å². The van der Waals surface area contributed by atoms with E-state index in [9.17, 15) is 9.59 Å². The average Bonchev–Trinajstić information content (AvgIpc) is 3.20. The van der Waals surface area contributed by atoms with E-state index in [1.54, 1.807) is 6.92 Å². The van der Waals surface area contributed by atoms with Crippen LogP contribution in [0.2, 0.25) is 0 Å². The summed E-state index contributed by atoms with van der Waals surface area (Å²) in [7, 11) is 0. The number of ether oxygens (including phenoxy) is 4. The molecule has 0 aromatic heterocycles. The molecule has 0 aromatic rings. The standard InChI is InChI=1S/C12H20O3.C11H18O3.2C7H14.4C2H6/c1-10(2)12(13)15-9-14-8-11-6-4-3-5-7-11;1-2-11(12)14-9-13-8-10-6-4-3-5-7-10;2*1-7-5-3-2-4-6-7;4*1-2/h11H,1,3-9H2,2H3;2,10H,1,3-9H2;2*7H,2-6H2,1H3;4*1-2H3. The van der Waals surface area contributed by atoms with E-state index in [4.69, 9.17) is 18.9 Å². The van der Waals surface area contributed by atoms with Gasteiger partial charge in [-0.1, -0.05) is 185 Å². The molecule has 0 saturated heterocycles. The van der Waals surface area contributed by atoms with E-state index in [0.717, 1.165) is 17.9 Å².